The SMILES string of the molecule is Cc1cccc(/C=C2\Oc3c(ccc4c3CN(Cc3ccncc3)CO4)C2=O)c1. The molecule has 1 aromatic heterocycles. The van der Waals surface area contributed by atoms with Crippen molar-refractivity contribution < 1.29 is 14.3 Å². The van der Waals surface area contributed by atoms with Crippen molar-refractivity contribution in [2.45, 2.75) is 20.0 Å². The van der Waals surface area contributed by atoms with E-state index < -0.39 is 0 Å². The Bertz CT molecular complexity index is 1120. The average molecular weight is 384 g/mol. The molecule has 2 aliphatic rings. The number of allylic oxidation sites excluding steroid dienone is 1. The maximum Gasteiger partial charge on any atom is 0.231 e. The Morgan fingerprint density at radius 3 is 2.83 bits per heavy atom. The number of aryl methyl sites for hydroxylation is 1. The summed E-state index contributed by atoms with van der Waals surface area (Å²) in [5, 5.41) is 0. The van der Waals surface area contributed by atoms with Crippen molar-refractivity contribution in [1.29, 1.82) is 0 Å². The molecule has 0 radical (unpaired) electrons. The van der Waals surface area contributed by atoms with Crippen LogP contribution in [0.5, 0.6) is 11.5 Å². The number of ether oxygens (including phenoxy) is 2. The van der Waals surface area contributed by atoms with Gasteiger partial charge < -0.3 is 9.47 Å². The molecule has 0 saturated heterocycles. The molecule has 3 heterocycles. The second-order valence-corrected chi connectivity index (χ2v) is 7.39. The molecule has 2 aliphatic heterocycles. The van der Waals surface area contributed by atoms with Crippen LogP contribution in [0.3, 0.4) is 0 Å². The maximum absolute atomic E-state index is 12.9. The molecule has 5 rings (SSSR count). The Balaban J connectivity index is 1.44. The van der Waals surface area contributed by atoms with Gasteiger partial charge in [0.1, 0.15) is 18.2 Å². The van der Waals surface area contributed by atoms with Gasteiger partial charge in [-0.1, -0.05) is 29.8 Å². The molecule has 5 heteroatoms. The lowest BCUT2D eigenvalue weighted by molar-refractivity contribution is 0.0872. The molecule has 0 bridgehead atoms. The molecular weight excluding hydrogens is 364 g/mol. The maximum atomic E-state index is 12.9. The summed E-state index contributed by atoms with van der Waals surface area (Å²) in [4.78, 5) is 19.1. The van der Waals surface area contributed by atoms with Crippen LogP contribution in [-0.4, -0.2) is 22.4 Å². The van der Waals surface area contributed by atoms with Crippen molar-refractivity contribution in [3.8, 4) is 11.5 Å². The summed E-state index contributed by atoms with van der Waals surface area (Å²) in [6.07, 6.45) is 5.38. The molecule has 0 N–H and O–H groups in total. The van der Waals surface area contributed by atoms with Crippen molar-refractivity contribution in [2.24, 2.45) is 0 Å². The van der Waals surface area contributed by atoms with E-state index in [2.05, 4.69) is 9.88 Å². The van der Waals surface area contributed by atoms with E-state index in [0.29, 0.717) is 30.3 Å². The van der Waals surface area contributed by atoms with Gasteiger partial charge in [-0.15, -0.1) is 0 Å². The second-order valence-electron chi connectivity index (χ2n) is 7.39. The predicted octanol–water partition coefficient (Wildman–Crippen LogP) is 4.36. The van der Waals surface area contributed by atoms with Crippen molar-refractivity contribution in [2.75, 3.05) is 6.73 Å². The van der Waals surface area contributed by atoms with Gasteiger partial charge in [-0.3, -0.25) is 14.7 Å². The number of ketones is 1. The summed E-state index contributed by atoms with van der Waals surface area (Å²) in [6.45, 7) is 3.92. The molecule has 0 atom stereocenters. The van der Waals surface area contributed by atoms with Gasteiger partial charge >= 0.3 is 0 Å². The number of nitrogens with zero attached hydrogens (tertiary/aromatic N) is 2. The van der Waals surface area contributed by atoms with Gasteiger partial charge in [0.25, 0.3) is 0 Å². The molecular formula is C24H20N2O3. The minimum atomic E-state index is -0.0874. The Morgan fingerprint density at radius 2 is 2.00 bits per heavy atom. The molecule has 0 aliphatic carbocycles. The number of carbonyl (C=O) groups is 1. The van der Waals surface area contributed by atoms with Gasteiger partial charge in [0.15, 0.2) is 5.76 Å². The number of carbonyl (C=O) groups excluding carboxylic acids is 1. The van der Waals surface area contributed by atoms with Crippen molar-refractivity contribution in [1.82, 2.24) is 9.88 Å². The number of fused-ring (bicyclic) bond motifs is 3. The molecule has 0 amide bonds. The second kappa shape index (κ2) is 7.18. The molecule has 144 valence electrons. The third-order valence-corrected chi connectivity index (χ3v) is 5.18. The fourth-order valence-corrected chi connectivity index (χ4v) is 3.76. The predicted molar refractivity (Wildman–Crippen MR) is 110 cm³/mol. The fourth-order valence-electron chi connectivity index (χ4n) is 3.76. The zero-order chi connectivity index (χ0) is 19.8. The Hall–Kier alpha value is -3.44. The molecule has 5 nitrogen and oxygen atoms in total. The smallest absolute Gasteiger partial charge is 0.231 e. The first-order valence-corrected chi connectivity index (χ1v) is 9.58. The van der Waals surface area contributed by atoms with Crippen LogP contribution in [0.1, 0.15) is 32.6 Å². The first kappa shape index (κ1) is 17.6. The number of rotatable bonds is 3. The van der Waals surface area contributed by atoms with Gasteiger partial charge in [-0.05, 0) is 48.4 Å². The highest BCUT2D eigenvalue weighted by Crippen LogP contribution is 2.42. The lowest BCUT2D eigenvalue weighted by Crippen LogP contribution is -2.31. The van der Waals surface area contributed by atoms with Crippen molar-refractivity contribution in [3.63, 3.8) is 0 Å². The van der Waals surface area contributed by atoms with Gasteiger partial charge in [0.2, 0.25) is 5.78 Å². The number of hydrogen-bond acceptors (Lipinski definition) is 5. The molecule has 0 saturated carbocycles. The molecule has 0 unspecified atom stereocenters. The summed E-state index contributed by atoms with van der Waals surface area (Å²) in [5.74, 6) is 1.66. The summed E-state index contributed by atoms with van der Waals surface area (Å²) >= 11 is 0. The van der Waals surface area contributed by atoms with Crippen LogP contribution in [-0.2, 0) is 13.1 Å². The van der Waals surface area contributed by atoms with Gasteiger partial charge in [0.05, 0.1) is 11.1 Å². The van der Waals surface area contributed by atoms with E-state index in [4.69, 9.17) is 9.47 Å². The zero-order valence-electron chi connectivity index (χ0n) is 16.1. The third kappa shape index (κ3) is 3.41. The molecule has 29 heavy (non-hydrogen) atoms. The highest BCUT2D eigenvalue weighted by molar-refractivity contribution is 6.15. The van der Waals surface area contributed by atoms with Crippen LogP contribution in [0, 0.1) is 6.92 Å². The molecule has 0 spiro atoms. The van der Waals surface area contributed by atoms with Gasteiger partial charge in [0, 0.05) is 25.5 Å². The summed E-state index contributed by atoms with van der Waals surface area (Å²) < 4.78 is 12.0. The monoisotopic (exact) mass is 384 g/mol. The largest absolute Gasteiger partial charge is 0.478 e. The van der Waals surface area contributed by atoms with Gasteiger partial charge in [-0.25, -0.2) is 0 Å². The average Bonchev–Trinajstić information content (AvgIpc) is 3.05. The van der Waals surface area contributed by atoms with Crippen LogP contribution in [0.2, 0.25) is 0 Å². The van der Waals surface area contributed by atoms with E-state index in [-0.39, 0.29) is 5.78 Å². The minimum Gasteiger partial charge on any atom is -0.478 e. The van der Waals surface area contributed by atoms with Crippen LogP contribution in [0.4, 0.5) is 0 Å². The quantitative estimate of drug-likeness (QED) is 0.628. The normalized spacial score (nSPS) is 16.9. The lowest BCUT2D eigenvalue weighted by atomic mass is 10.0. The topological polar surface area (TPSA) is 51.7 Å². The van der Waals surface area contributed by atoms with Crippen LogP contribution < -0.4 is 9.47 Å². The van der Waals surface area contributed by atoms with Crippen LogP contribution >= 0.6 is 0 Å². The first-order chi connectivity index (χ1) is 14.2. The summed E-state index contributed by atoms with van der Waals surface area (Å²) in [7, 11) is 0. The lowest BCUT2D eigenvalue weighted by Gasteiger charge is -2.29. The zero-order valence-corrected chi connectivity index (χ0v) is 16.1. The van der Waals surface area contributed by atoms with Gasteiger partial charge in [-0.2, -0.15) is 0 Å². The van der Waals surface area contributed by atoms with E-state index in [9.17, 15) is 4.79 Å². The van der Waals surface area contributed by atoms with E-state index in [1.807, 2.05) is 49.4 Å². The number of pyridine rings is 1. The van der Waals surface area contributed by atoms with Crippen molar-refractivity contribution >= 4 is 11.9 Å². The Labute approximate surface area is 169 Å². The third-order valence-electron chi connectivity index (χ3n) is 5.18. The van der Waals surface area contributed by atoms with E-state index >= 15 is 0 Å². The minimum absolute atomic E-state index is 0.0874. The van der Waals surface area contributed by atoms with Crippen LogP contribution in [0.25, 0.3) is 6.08 Å². The highest BCUT2D eigenvalue weighted by Gasteiger charge is 2.33. The summed E-state index contributed by atoms with van der Waals surface area (Å²) in [6, 6.07) is 15.7. The number of Topliss-reactive ketones (excluding diaryl/α,β-unsaturated/α-hetero) is 1. The summed E-state index contributed by atoms with van der Waals surface area (Å²) in [5.41, 5.74) is 4.77. The number of benzene rings is 2. The van der Waals surface area contributed by atoms with E-state index in [1.54, 1.807) is 24.5 Å². The highest BCUT2D eigenvalue weighted by atomic mass is 16.5. The number of aromatic nitrogens is 1. The first-order valence-electron chi connectivity index (χ1n) is 9.58. The standard InChI is InChI=1S/C24H20N2O3/c1-16-3-2-4-18(11-16)12-22-23(27)19-5-6-21-20(24(19)29-22)14-26(15-28-21)13-17-7-9-25-10-8-17/h2-12H,13-15H2,1H3/b22-12-. The van der Waals surface area contributed by atoms with E-state index in [1.165, 1.54) is 0 Å². The fraction of sp³-hybridized carbons (Fsp3) is 0.167. The molecule has 3 aromatic rings. The molecule has 0 fully saturated rings. The Kier molecular flexibility index (Phi) is 4.37. The van der Waals surface area contributed by atoms with Crippen molar-refractivity contribution in [3.05, 3.63) is 94.5 Å². The van der Waals surface area contributed by atoms with E-state index in [0.717, 1.165) is 34.5 Å². The molecule has 2 aromatic carbocycles. The number of hydrogen-bond donors (Lipinski definition) is 0. The van der Waals surface area contributed by atoms with Crippen LogP contribution in [0.15, 0.2) is 66.7 Å². The Morgan fingerprint density at radius 1 is 1.14 bits per heavy atom.